The highest BCUT2D eigenvalue weighted by Crippen LogP contribution is 2.16. The number of benzene rings is 1. The van der Waals surface area contributed by atoms with Gasteiger partial charge < -0.3 is 4.42 Å². The summed E-state index contributed by atoms with van der Waals surface area (Å²) >= 11 is 5.61. The summed E-state index contributed by atoms with van der Waals surface area (Å²) < 4.78 is 18.3. The molecule has 0 saturated carbocycles. The minimum atomic E-state index is -0.479. The number of Topliss-reactive ketones (excluding diaryl/α,β-unsaturated/α-hetero) is 1. The summed E-state index contributed by atoms with van der Waals surface area (Å²) in [6.45, 7) is 0. The van der Waals surface area contributed by atoms with Crippen LogP contribution >= 0.6 is 11.6 Å². The van der Waals surface area contributed by atoms with Gasteiger partial charge in [0, 0.05) is 11.4 Å². The summed E-state index contributed by atoms with van der Waals surface area (Å²) in [6.07, 6.45) is 1.38. The number of furan rings is 1. The molecule has 0 atom stereocenters. The van der Waals surface area contributed by atoms with E-state index in [4.69, 9.17) is 16.0 Å². The molecule has 2 aromatic rings. The number of halogens is 2. The van der Waals surface area contributed by atoms with Crippen molar-refractivity contribution in [2.45, 2.75) is 6.42 Å². The molecule has 0 fully saturated rings. The Hall–Kier alpha value is -1.61. The lowest BCUT2D eigenvalue weighted by atomic mass is 10.1. The van der Waals surface area contributed by atoms with Crippen LogP contribution in [-0.2, 0) is 6.42 Å². The van der Waals surface area contributed by atoms with Gasteiger partial charge in [0.05, 0.1) is 6.26 Å². The Kier molecular flexibility index (Phi) is 3.06. The van der Waals surface area contributed by atoms with Crippen LogP contribution in [0.3, 0.4) is 0 Å². The van der Waals surface area contributed by atoms with E-state index in [1.165, 1.54) is 18.4 Å². The molecular weight excluding hydrogens is 231 g/mol. The molecule has 0 saturated heterocycles. The number of carbonyl (C=O) groups is 1. The van der Waals surface area contributed by atoms with E-state index in [9.17, 15) is 9.18 Å². The van der Waals surface area contributed by atoms with Gasteiger partial charge >= 0.3 is 0 Å². The molecule has 0 radical (unpaired) electrons. The van der Waals surface area contributed by atoms with E-state index in [0.29, 0.717) is 10.6 Å². The minimum absolute atomic E-state index is 0.0312. The van der Waals surface area contributed by atoms with Crippen molar-refractivity contribution < 1.29 is 13.6 Å². The maximum absolute atomic E-state index is 13.4. The predicted octanol–water partition coefficient (Wildman–Crippen LogP) is 3.50. The zero-order chi connectivity index (χ0) is 11.5. The second kappa shape index (κ2) is 4.49. The Bertz CT molecular complexity index is 506. The van der Waals surface area contributed by atoms with Crippen LogP contribution in [0.2, 0.25) is 5.02 Å². The van der Waals surface area contributed by atoms with E-state index >= 15 is 0 Å². The van der Waals surface area contributed by atoms with Gasteiger partial charge in [-0.2, -0.15) is 0 Å². The van der Waals surface area contributed by atoms with Gasteiger partial charge in [0.25, 0.3) is 0 Å². The van der Waals surface area contributed by atoms with Crippen LogP contribution in [-0.4, -0.2) is 5.78 Å². The third-order valence-corrected chi connectivity index (χ3v) is 2.40. The molecule has 0 amide bonds. The number of hydrogen-bond donors (Lipinski definition) is 0. The molecular formula is C12H8ClFO2. The molecule has 4 heteroatoms. The first-order valence-corrected chi connectivity index (χ1v) is 5.05. The van der Waals surface area contributed by atoms with E-state index in [2.05, 4.69) is 0 Å². The number of carbonyl (C=O) groups excluding carboxylic acids is 1. The third kappa shape index (κ3) is 2.31. The molecule has 0 unspecified atom stereocenters. The number of rotatable bonds is 3. The van der Waals surface area contributed by atoms with E-state index < -0.39 is 5.82 Å². The monoisotopic (exact) mass is 238 g/mol. The summed E-state index contributed by atoms with van der Waals surface area (Å²) in [5, 5.41) is 0.312. The van der Waals surface area contributed by atoms with Crippen LogP contribution in [0.25, 0.3) is 0 Å². The molecule has 1 aromatic heterocycles. The minimum Gasteiger partial charge on any atom is -0.461 e. The first-order valence-electron chi connectivity index (χ1n) is 4.67. The SMILES string of the molecule is O=C(Cc1ccc(Cl)cc1F)c1ccco1. The predicted molar refractivity (Wildman–Crippen MR) is 58.2 cm³/mol. The quantitative estimate of drug-likeness (QED) is 0.766. The number of hydrogen-bond acceptors (Lipinski definition) is 2. The number of ketones is 1. The van der Waals surface area contributed by atoms with E-state index in [0.717, 1.165) is 0 Å². The summed E-state index contributed by atoms with van der Waals surface area (Å²) in [6, 6.07) is 7.40. The molecule has 1 heterocycles. The van der Waals surface area contributed by atoms with Crippen molar-refractivity contribution in [3.05, 3.63) is 58.8 Å². The molecule has 0 aliphatic carbocycles. The second-order valence-electron chi connectivity index (χ2n) is 3.31. The molecule has 2 nitrogen and oxygen atoms in total. The molecule has 0 spiro atoms. The molecule has 82 valence electrons. The molecule has 2 rings (SSSR count). The fourth-order valence-corrected chi connectivity index (χ4v) is 1.52. The van der Waals surface area contributed by atoms with Crippen molar-refractivity contribution in [3.8, 4) is 0 Å². The fourth-order valence-electron chi connectivity index (χ4n) is 1.36. The van der Waals surface area contributed by atoms with Crippen molar-refractivity contribution in [2.24, 2.45) is 0 Å². The van der Waals surface area contributed by atoms with Crippen LogP contribution < -0.4 is 0 Å². The molecule has 0 aliphatic rings. The second-order valence-corrected chi connectivity index (χ2v) is 3.75. The molecule has 0 aliphatic heterocycles. The van der Waals surface area contributed by atoms with Crippen molar-refractivity contribution >= 4 is 17.4 Å². The van der Waals surface area contributed by atoms with E-state index in [1.807, 2.05) is 0 Å². The first kappa shape index (κ1) is 10.9. The van der Waals surface area contributed by atoms with Crippen LogP contribution in [0.1, 0.15) is 16.1 Å². The normalized spacial score (nSPS) is 10.4. The van der Waals surface area contributed by atoms with E-state index in [-0.39, 0.29) is 18.0 Å². The zero-order valence-corrected chi connectivity index (χ0v) is 9.00. The maximum Gasteiger partial charge on any atom is 0.202 e. The smallest absolute Gasteiger partial charge is 0.202 e. The first-order chi connectivity index (χ1) is 7.66. The van der Waals surface area contributed by atoms with Gasteiger partial charge in [-0.25, -0.2) is 4.39 Å². The lowest BCUT2D eigenvalue weighted by Gasteiger charge is -2.01. The van der Waals surface area contributed by atoms with Crippen molar-refractivity contribution in [1.82, 2.24) is 0 Å². The van der Waals surface area contributed by atoms with Crippen LogP contribution in [0.4, 0.5) is 4.39 Å². The Morgan fingerprint density at radius 1 is 1.38 bits per heavy atom. The molecule has 0 bridgehead atoms. The third-order valence-electron chi connectivity index (χ3n) is 2.16. The highest BCUT2D eigenvalue weighted by Gasteiger charge is 2.12. The average Bonchev–Trinajstić information content (AvgIpc) is 2.75. The Morgan fingerprint density at radius 2 is 2.19 bits per heavy atom. The summed E-state index contributed by atoms with van der Waals surface area (Å²) in [4.78, 5) is 11.6. The maximum atomic E-state index is 13.4. The average molecular weight is 239 g/mol. The highest BCUT2D eigenvalue weighted by molar-refractivity contribution is 6.30. The Morgan fingerprint density at radius 3 is 2.81 bits per heavy atom. The lowest BCUT2D eigenvalue weighted by Crippen LogP contribution is -2.03. The zero-order valence-electron chi connectivity index (χ0n) is 8.24. The van der Waals surface area contributed by atoms with Gasteiger partial charge in [-0.1, -0.05) is 17.7 Å². The summed E-state index contributed by atoms with van der Waals surface area (Å²) in [5.74, 6) is -0.507. The van der Waals surface area contributed by atoms with Gasteiger partial charge in [-0.3, -0.25) is 4.79 Å². The Labute approximate surface area is 96.6 Å². The van der Waals surface area contributed by atoms with Crippen LogP contribution in [0.5, 0.6) is 0 Å². The summed E-state index contributed by atoms with van der Waals surface area (Å²) in [7, 11) is 0. The Balaban J connectivity index is 2.18. The largest absolute Gasteiger partial charge is 0.461 e. The van der Waals surface area contributed by atoms with Crippen LogP contribution in [0.15, 0.2) is 41.0 Å². The van der Waals surface area contributed by atoms with Gasteiger partial charge in [-0.05, 0) is 29.8 Å². The van der Waals surface area contributed by atoms with E-state index in [1.54, 1.807) is 18.2 Å². The fraction of sp³-hybridized carbons (Fsp3) is 0.0833. The highest BCUT2D eigenvalue weighted by atomic mass is 35.5. The van der Waals surface area contributed by atoms with Gasteiger partial charge in [0.2, 0.25) is 5.78 Å². The lowest BCUT2D eigenvalue weighted by molar-refractivity contribution is 0.0965. The van der Waals surface area contributed by atoms with Crippen LogP contribution in [0, 0.1) is 5.82 Å². The molecule has 16 heavy (non-hydrogen) atoms. The standard InChI is InChI=1S/C12H8ClFO2/c13-9-4-3-8(10(14)7-9)6-11(15)12-2-1-5-16-12/h1-5,7H,6H2. The summed E-state index contributed by atoms with van der Waals surface area (Å²) in [5.41, 5.74) is 0.311. The van der Waals surface area contributed by atoms with Gasteiger partial charge in [0.15, 0.2) is 5.76 Å². The van der Waals surface area contributed by atoms with Crippen molar-refractivity contribution in [3.63, 3.8) is 0 Å². The molecule has 1 aromatic carbocycles. The molecule has 0 N–H and O–H groups in total. The van der Waals surface area contributed by atoms with Gasteiger partial charge in [0.1, 0.15) is 5.82 Å². The van der Waals surface area contributed by atoms with Crippen molar-refractivity contribution in [1.29, 1.82) is 0 Å². The topological polar surface area (TPSA) is 30.2 Å². The van der Waals surface area contributed by atoms with Gasteiger partial charge in [-0.15, -0.1) is 0 Å². The van der Waals surface area contributed by atoms with Crippen molar-refractivity contribution in [2.75, 3.05) is 0 Å².